The molecule has 1 saturated heterocycles. The summed E-state index contributed by atoms with van der Waals surface area (Å²) >= 11 is 7.27. The average molecular weight is 462 g/mol. The highest BCUT2D eigenvalue weighted by molar-refractivity contribution is 9.11. The molecule has 1 aliphatic rings. The zero-order valence-electron chi connectivity index (χ0n) is 14.8. The van der Waals surface area contributed by atoms with E-state index in [4.69, 9.17) is 4.74 Å². The van der Waals surface area contributed by atoms with Gasteiger partial charge < -0.3 is 15.0 Å². The number of hydrogen-bond donors (Lipinski definition) is 1. The van der Waals surface area contributed by atoms with E-state index in [-0.39, 0.29) is 6.09 Å². The first-order chi connectivity index (χ1) is 11.2. The van der Waals surface area contributed by atoms with E-state index >= 15 is 0 Å². The van der Waals surface area contributed by atoms with Gasteiger partial charge >= 0.3 is 6.09 Å². The zero-order valence-corrected chi connectivity index (χ0v) is 18.0. The van der Waals surface area contributed by atoms with Crippen molar-refractivity contribution in [2.45, 2.75) is 58.6 Å². The summed E-state index contributed by atoms with van der Waals surface area (Å²) in [6.45, 7) is 9.25. The number of carbonyl (C=O) groups excluding carboxylic acids is 1. The molecule has 24 heavy (non-hydrogen) atoms. The van der Waals surface area contributed by atoms with E-state index in [9.17, 15) is 4.79 Å². The third kappa shape index (κ3) is 5.66. The van der Waals surface area contributed by atoms with Gasteiger partial charge in [0.2, 0.25) is 0 Å². The first kappa shape index (κ1) is 19.6. The highest BCUT2D eigenvalue weighted by atomic mass is 79.9. The second-order valence-corrected chi connectivity index (χ2v) is 9.05. The lowest BCUT2D eigenvalue weighted by Gasteiger charge is -2.26. The van der Waals surface area contributed by atoms with Crippen LogP contribution in [0.4, 0.5) is 10.5 Å². The van der Waals surface area contributed by atoms with Gasteiger partial charge in [0.15, 0.2) is 0 Å². The standard InChI is InChI=1S/C18H26Br2N2O2/c1-12-10-14(19)16(15(20)11-12)21-13-6-5-8-22(9-7-13)17(23)24-18(2,3)4/h10-11,13,21H,5-9H2,1-4H3. The van der Waals surface area contributed by atoms with Gasteiger partial charge in [-0.25, -0.2) is 4.79 Å². The Kier molecular flexibility index (Phi) is 6.59. The second kappa shape index (κ2) is 8.09. The number of anilines is 1. The van der Waals surface area contributed by atoms with Crippen LogP contribution < -0.4 is 5.32 Å². The van der Waals surface area contributed by atoms with Crippen LogP contribution in [-0.2, 0) is 4.74 Å². The number of likely N-dealkylation sites (tertiary alicyclic amines) is 1. The number of hydrogen-bond acceptors (Lipinski definition) is 3. The Balaban J connectivity index is 1.98. The Hall–Kier alpha value is -0.750. The smallest absolute Gasteiger partial charge is 0.410 e. The summed E-state index contributed by atoms with van der Waals surface area (Å²) in [5, 5.41) is 3.62. The van der Waals surface area contributed by atoms with Crippen LogP contribution in [0, 0.1) is 6.92 Å². The van der Waals surface area contributed by atoms with Crippen LogP contribution in [0.5, 0.6) is 0 Å². The number of aryl methyl sites for hydroxylation is 1. The number of benzene rings is 1. The van der Waals surface area contributed by atoms with E-state index in [1.165, 1.54) is 5.56 Å². The molecule has 1 unspecified atom stereocenters. The molecule has 1 aliphatic heterocycles. The minimum Gasteiger partial charge on any atom is -0.444 e. The number of amides is 1. The van der Waals surface area contributed by atoms with Gasteiger partial charge in [-0.2, -0.15) is 0 Å². The fraction of sp³-hybridized carbons (Fsp3) is 0.611. The van der Waals surface area contributed by atoms with Crippen LogP contribution in [0.25, 0.3) is 0 Å². The molecule has 0 spiro atoms. The van der Waals surface area contributed by atoms with E-state index in [1.54, 1.807) is 0 Å². The monoisotopic (exact) mass is 460 g/mol. The van der Waals surface area contributed by atoms with Gasteiger partial charge in [0, 0.05) is 28.1 Å². The number of rotatable bonds is 2. The topological polar surface area (TPSA) is 41.6 Å². The second-order valence-electron chi connectivity index (χ2n) is 7.34. The van der Waals surface area contributed by atoms with Gasteiger partial charge in [-0.15, -0.1) is 0 Å². The predicted octanol–water partition coefficient (Wildman–Crippen LogP) is 5.72. The molecule has 0 aromatic heterocycles. The van der Waals surface area contributed by atoms with Crippen molar-refractivity contribution >= 4 is 43.6 Å². The lowest BCUT2D eigenvalue weighted by molar-refractivity contribution is 0.0256. The Morgan fingerprint density at radius 3 is 2.42 bits per heavy atom. The largest absolute Gasteiger partial charge is 0.444 e. The van der Waals surface area contributed by atoms with E-state index in [2.05, 4.69) is 56.2 Å². The maximum Gasteiger partial charge on any atom is 0.410 e. The SMILES string of the molecule is Cc1cc(Br)c(NC2CCCN(C(=O)OC(C)(C)C)CC2)c(Br)c1. The molecular formula is C18H26Br2N2O2. The molecule has 0 radical (unpaired) electrons. The molecule has 2 rings (SSSR count). The molecule has 1 aromatic rings. The predicted molar refractivity (Wildman–Crippen MR) is 106 cm³/mol. The van der Waals surface area contributed by atoms with Crippen molar-refractivity contribution in [1.29, 1.82) is 0 Å². The molecule has 134 valence electrons. The number of nitrogens with one attached hydrogen (secondary N) is 1. The first-order valence-electron chi connectivity index (χ1n) is 8.36. The molecule has 0 aliphatic carbocycles. The molecule has 4 nitrogen and oxygen atoms in total. The molecule has 0 saturated carbocycles. The van der Waals surface area contributed by atoms with E-state index in [1.807, 2.05) is 25.7 Å². The van der Waals surface area contributed by atoms with Crippen LogP contribution in [0.15, 0.2) is 21.1 Å². The van der Waals surface area contributed by atoms with Crippen molar-refractivity contribution in [3.8, 4) is 0 Å². The summed E-state index contributed by atoms with van der Waals surface area (Å²) in [6, 6.07) is 4.56. The summed E-state index contributed by atoms with van der Waals surface area (Å²) in [7, 11) is 0. The molecule has 1 atom stereocenters. The van der Waals surface area contributed by atoms with Crippen molar-refractivity contribution in [2.75, 3.05) is 18.4 Å². The van der Waals surface area contributed by atoms with Crippen LogP contribution >= 0.6 is 31.9 Å². The van der Waals surface area contributed by atoms with Gasteiger partial charge in [-0.3, -0.25) is 0 Å². The maximum atomic E-state index is 12.2. The molecule has 1 fully saturated rings. The van der Waals surface area contributed by atoms with Gasteiger partial charge in [0.05, 0.1) is 5.69 Å². The normalized spacial score (nSPS) is 18.9. The van der Waals surface area contributed by atoms with Crippen LogP contribution in [0.1, 0.15) is 45.6 Å². The quantitative estimate of drug-likeness (QED) is 0.612. The Bertz CT molecular complexity index is 576. The van der Waals surface area contributed by atoms with Crippen LogP contribution in [-0.4, -0.2) is 35.7 Å². The van der Waals surface area contributed by atoms with Gasteiger partial charge in [0.1, 0.15) is 5.60 Å². The number of carbonyl (C=O) groups is 1. The number of nitrogens with zero attached hydrogens (tertiary/aromatic N) is 1. The lowest BCUT2D eigenvalue weighted by atomic mass is 10.1. The van der Waals surface area contributed by atoms with E-state index in [0.29, 0.717) is 12.6 Å². The summed E-state index contributed by atoms with van der Waals surface area (Å²) in [5.41, 5.74) is 1.84. The Morgan fingerprint density at radius 1 is 1.21 bits per heavy atom. The average Bonchev–Trinajstić information content (AvgIpc) is 2.66. The van der Waals surface area contributed by atoms with E-state index in [0.717, 1.165) is 40.4 Å². The van der Waals surface area contributed by atoms with Gasteiger partial charge in [0.25, 0.3) is 0 Å². The van der Waals surface area contributed by atoms with Crippen molar-refractivity contribution in [1.82, 2.24) is 4.90 Å². The maximum absolute atomic E-state index is 12.2. The third-order valence-corrected chi connectivity index (χ3v) is 5.17. The Labute approximate surface area is 161 Å². The molecule has 1 N–H and O–H groups in total. The highest BCUT2D eigenvalue weighted by Crippen LogP contribution is 2.33. The van der Waals surface area contributed by atoms with Crippen molar-refractivity contribution in [3.05, 3.63) is 26.6 Å². The third-order valence-electron chi connectivity index (χ3n) is 3.91. The van der Waals surface area contributed by atoms with Crippen LogP contribution in [0.3, 0.4) is 0 Å². The van der Waals surface area contributed by atoms with Gasteiger partial charge in [-0.05, 0) is 96.5 Å². The first-order valence-corrected chi connectivity index (χ1v) is 9.94. The fourth-order valence-corrected chi connectivity index (χ4v) is 4.44. The lowest BCUT2D eigenvalue weighted by Crippen LogP contribution is -2.37. The molecule has 6 heteroatoms. The number of ether oxygens (including phenoxy) is 1. The van der Waals surface area contributed by atoms with E-state index < -0.39 is 5.60 Å². The van der Waals surface area contributed by atoms with Crippen molar-refractivity contribution in [2.24, 2.45) is 0 Å². The summed E-state index contributed by atoms with van der Waals surface area (Å²) in [4.78, 5) is 14.1. The molecule has 1 aromatic carbocycles. The summed E-state index contributed by atoms with van der Waals surface area (Å²) < 4.78 is 7.61. The minimum atomic E-state index is -0.446. The number of halogens is 2. The molecule has 1 heterocycles. The molecular weight excluding hydrogens is 436 g/mol. The zero-order chi connectivity index (χ0) is 17.9. The fourth-order valence-electron chi connectivity index (χ4n) is 2.79. The summed E-state index contributed by atoms with van der Waals surface area (Å²) in [6.07, 6.45) is 2.71. The molecule has 1 amide bonds. The minimum absolute atomic E-state index is 0.208. The Morgan fingerprint density at radius 2 is 1.83 bits per heavy atom. The van der Waals surface area contributed by atoms with Crippen molar-refractivity contribution < 1.29 is 9.53 Å². The highest BCUT2D eigenvalue weighted by Gasteiger charge is 2.25. The molecule has 0 bridgehead atoms. The summed E-state index contributed by atoms with van der Waals surface area (Å²) in [5.74, 6) is 0. The van der Waals surface area contributed by atoms with Gasteiger partial charge in [-0.1, -0.05) is 0 Å². The van der Waals surface area contributed by atoms with Crippen molar-refractivity contribution in [3.63, 3.8) is 0 Å². The van der Waals surface area contributed by atoms with Crippen LogP contribution in [0.2, 0.25) is 0 Å².